The number of nitrogens with one attached hydrogen (secondary N) is 1. The molecule has 1 aromatic heterocycles. The van der Waals surface area contributed by atoms with Crippen molar-refractivity contribution in [2.45, 2.75) is 18.6 Å². The Morgan fingerprint density at radius 1 is 1.23 bits per heavy atom. The van der Waals surface area contributed by atoms with Crippen LogP contribution in [0.15, 0.2) is 30.5 Å². The number of carbonyl (C=O) groups is 1. The van der Waals surface area contributed by atoms with Gasteiger partial charge in [-0.05, 0) is 36.2 Å². The molecule has 1 saturated heterocycles. The van der Waals surface area contributed by atoms with Crippen molar-refractivity contribution < 1.29 is 9.18 Å². The minimum Gasteiger partial charge on any atom is -0.361 e. The Hall–Kier alpha value is -2.14. The third kappa shape index (κ3) is 1.89. The second kappa shape index (κ2) is 4.97. The molecular weight excluding hydrogens is 329 g/mol. The molecule has 1 N–H and O–H groups in total. The van der Waals surface area contributed by atoms with E-state index in [9.17, 15) is 9.18 Å². The maximum atomic E-state index is 13.5. The lowest BCUT2D eigenvalue weighted by atomic mass is 9.79. The van der Waals surface area contributed by atoms with E-state index in [4.69, 9.17) is 0 Å². The average Bonchev–Trinajstić information content (AvgIpc) is 3.04. The predicted molar refractivity (Wildman–Crippen MR) is 98.3 cm³/mol. The molecule has 26 heavy (non-hydrogen) atoms. The zero-order chi connectivity index (χ0) is 17.6. The summed E-state index contributed by atoms with van der Waals surface area (Å²) in [6.07, 6.45) is 4.64. The van der Waals surface area contributed by atoms with E-state index in [1.165, 1.54) is 27.6 Å². The number of aromatic amines is 1. The van der Waals surface area contributed by atoms with E-state index in [-0.39, 0.29) is 23.7 Å². The highest BCUT2D eigenvalue weighted by Gasteiger charge is 2.58. The molecule has 4 unspecified atom stereocenters. The summed E-state index contributed by atoms with van der Waals surface area (Å²) in [5, 5.41) is 1.30. The molecule has 5 heteroatoms. The third-order valence-electron chi connectivity index (χ3n) is 6.99. The minimum absolute atomic E-state index is 0.103. The fourth-order valence-corrected chi connectivity index (χ4v) is 5.47. The molecule has 0 radical (unpaired) electrons. The number of aromatic nitrogens is 1. The Balaban J connectivity index is 1.38. The molecule has 6 rings (SSSR count). The molecule has 3 heterocycles. The van der Waals surface area contributed by atoms with Crippen LogP contribution in [0, 0.1) is 17.8 Å². The standard InChI is InChI=1S/C21H22FN3O/c1-24-8-12(21(26)25-9-15-16(10-25)20(15)22)5-14-13-3-2-4-17-19(13)11(7-23-17)6-18(14)24/h2-5,7,12,15-16,18,20,23H,6,8-10H2,1H3. The van der Waals surface area contributed by atoms with Crippen LogP contribution in [0.3, 0.4) is 0 Å². The van der Waals surface area contributed by atoms with Crippen molar-refractivity contribution in [3.8, 4) is 0 Å². The van der Waals surface area contributed by atoms with Gasteiger partial charge in [-0.15, -0.1) is 0 Å². The lowest BCUT2D eigenvalue weighted by Gasteiger charge is -2.40. The van der Waals surface area contributed by atoms with E-state index >= 15 is 0 Å². The van der Waals surface area contributed by atoms with E-state index in [2.05, 4.69) is 47.4 Å². The van der Waals surface area contributed by atoms with Gasteiger partial charge in [0.05, 0.1) is 5.92 Å². The summed E-state index contributed by atoms with van der Waals surface area (Å²) in [6.45, 7) is 1.96. The fraction of sp³-hybridized carbons (Fsp3) is 0.476. The monoisotopic (exact) mass is 351 g/mol. The summed E-state index contributed by atoms with van der Waals surface area (Å²) in [4.78, 5) is 20.7. The van der Waals surface area contributed by atoms with Crippen LogP contribution < -0.4 is 0 Å². The number of H-pyrrole nitrogens is 1. The summed E-state index contributed by atoms with van der Waals surface area (Å²) < 4.78 is 13.5. The van der Waals surface area contributed by atoms with Gasteiger partial charge in [-0.25, -0.2) is 4.39 Å². The SMILES string of the molecule is CN1CC(C(=O)N2CC3C(F)C3C2)C=C2c3cccc4[nH]cc(c34)CC21. The number of halogens is 1. The largest absolute Gasteiger partial charge is 0.361 e. The Morgan fingerprint density at radius 3 is 2.85 bits per heavy atom. The molecule has 0 bridgehead atoms. The normalized spacial score (nSPS) is 35.2. The minimum atomic E-state index is -0.668. The van der Waals surface area contributed by atoms with Crippen LogP contribution in [0.5, 0.6) is 0 Å². The van der Waals surface area contributed by atoms with Gasteiger partial charge in [0, 0.05) is 54.6 Å². The average molecular weight is 351 g/mol. The van der Waals surface area contributed by atoms with Crippen LogP contribution in [0.25, 0.3) is 16.5 Å². The van der Waals surface area contributed by atoms with E-state index in [1.807, 2.05) is 4.90 Å². The molecular formula is C21H22FN3O. The first-order chi connectivity index (χ1) is 12.6. The first kappa shape index (κ1) is 15.0. The van der Waals surface area contributed by atoms with Crippen LogP contribution in [0.4, 0.5) is 4.39 Å². The Kier molecular flexibility index (Phi) is 2.86. The number of hydrogen-bond acceptors (Lipinski definition) is 2. The highest BCUT2D eigenvalue weighted by atomic mass is 19.1. The summed E-state index contributed by atoms with van der Waals surface area (Å²) in [5.74, 6) is 0.254. The van der Waals surface area contributed by atoms with Crippen LogP contribution in [-0.4, -0.2) is 59.6 Å². The topological polar surface area (TPSA) is 39.3 Å². The van der Waals surface area contributed by atoms with Crippen LogP contribution in [0.2, 0.25) is 0 Å². The number of rotatable bonds is 1. The molecule has 1 aromatic carbocycles. The summed E-state index contributed by atoms with van der Waals surface area (Å²) in [6, 6.07) is 6.71. The van der Waals surface area contributed by atoms with Crippen molar-refractivity contribution in [3.63, 3.8) is 0 Å². The van der Waals surface area contributed by atoms with Gasteiger partial charge in [0.15, 0.2) is 0 Å². The van der Waals surface area contributed by atoms with Gasteiger partial charge >= 0.3 is 0 Å². The second-order valence-corrected chi connectivity index (χ2v) is 8.45. The van der Waals surface area contributed by atoms with E-state index in [1.54, 1.807) is 0 Å². The lowest BCUT2D eigenvalue weighted by Crippen LogP contribution is -2.47. The van der Waals surface area contributed by atoms with Crippen molar-refractivity contribution in [3.05, 3.63) is 41.6 Å². The number of likely N-dealkylation sites (N-methyl/N-ethyl adjacent to an activating group) is 1. The maximum absolute atomic E-state index is 13.5. The molecule has 134 valence electrons. The van der Waals surface area contributed by atoms with Crippen molar-refractivity contribution in [1.82, 2.24) is 14.8 Å². The second-order valence-electron chi connectivity index (χ2n) is 8.45. The molecule has 2 fully saturated rings. The van der Waals surface area contributed by atoms with E-state index in [0.29, 0.717) is 19.1 Å². The van der Waals surface area contributed by atoms with Crippen LogP contribution in [0.1, 0.15) is 11.1 Å². The maximum Gasteiger partial charge on any atom is 0.230 e. The summed E-state index contributed by atoms with van der Waals surface area (Å²) in [7, 11) is 2.12. The van der Waals surface area contributed by atoms with Crippen LogP contribution >= 0.6 is 0 Å². The van der Waals surface area contributed by atoms with Gasteiger partial charge < -0.3 is 9.88 Å². The van der Waals surface area contributed by atoms with E-state index < -0.39 is 6.17 Å². The highest BCUT2D eigenvalue weighted by Crippen LogP contribution is 2.48. The number of piperidine rings is 1. The number of carbonyl (C=O) groups excluding carboxylic acids is 1. The number of hydrogen-bond donors (Lipinski definition) is 1. The Labute approximate surface area is 151 Å². The molecule has 4 nitrogen and oxygen atoms in total. The summed E-state index contributed by atoms with van der Waals surface area (Å²) in [5.41, 5.74) is 5.07. The highest BCUT2D eigenvalue weighted by molar-refractivity contribution is 5.99. The van der Waals surface area contributed by atoms with Crippen molar-refractivity contribution in [2.24, 2.45) is 17.8 Å². The number of alkyl halides is 1. The number of nitrogens with zero attached hydrogens (tertiary/aromatic N) is 2. The predicted octanol–water partition coefficient (Wildman–Crippen LogP) is 2.46. The summed E-state index contributed by atoms with van der Waals surface area (Å²) >= 11 is 0. The third-order valence-corrected chi connectivity index (χ3v) is 6.99. The smallest absolute Gasteiger partial charge is 0.230 e. The van der Waals surface area contributed by atoms with Gasteiger partial charge in [0.1, 0.15) is 6.17 Å². The number of fused-ring (bicyclic) bond motifs is 3. The fourth-order valence-electron chi connectivity index (χ4n) is 5.47. The first-order valence-electron chi connectivity index (χ1n) is 9.56. The number of amides is 1. The molecule has 2 aromatic rings. The Bertz CT molecular complexity index is 951. The van der Waals surface area contributed by atoms with Gasteiger partial charge in [0.25, 0.3) is 0 Å². The molecule has 2 aliphatic carbocycles. The zero-order valence-electron chi connectivity index (χ0n) is 14.8. The quantitative estimate of drug-likeness (QED) is 0.857. The molecule has 1 amide bonds. The van der Waals surface area contributed by atoms with Crippen LogP contribution in [-0.2, 0) is 11.2 Å². The van der Waals surface area contributed by atoms with Gasteiger partial charge in [-0.1, -0.05) is 18.2 Å². The van der Waals surface area contributed by atoms with Gasteiger partial charge in [-0.3, -0.25) is 9.69 Å². The van der Waals surface area contributed by atoms with E-state index in [0.717, 1.165) is 13.0 Å². The molecule has 4 aliphatic rings. The lowest BCUT2D eigenvalue weighted by molar-refractivity contribution is -0.134. The van der Waals surface area contributed by atoms with Crippen molar-refractivity contribution in [1.29, 1.82) is 0 Å². The van der Waals surface area contributed by atoms with Crippen molar-refractivity contribution >= 4 is 22.4 Å². The first-order valence-corrected chi connectivity index (χ1v) is 9.56. The Morgan fingerprint density at radius 2 is 2.04 bits per heavy atom. The number of likely N-dealkylation sites (tertiary alicyclic amines) is 1. The zero-order valence-corrected chi connectivity index (χ0v) is 14.8. The molecule has 0 spiro atoms. The molecule has 1 saturated carbocycles. The van der Waals surface area contributed by atoms with Gasteiger partial charge in [0.2, 0.25) is 5.91 Å². The molecule has 2 aliphatic heterocycles. The number of benzene rings is 1. The van der Waals surface area contributed by atoms with Gasteiger partial charge in [-0.2, -0.15) is 0 Å². The molecule has 4 atom stereocenters. The van der Waals surface area contributed by atoms with Crippen molar-refractivity contribution in [2.75, 3.05) is 26.7 Å².